The maximum atomic E-state index is 11.3. The van der Waals surface area contributed by atoms with Crippen molar-refractivity contribution >= 4 is 32.7 Å². The molecule has 0 spiro atoms. The van der Waals surface area contributed by atoms with Crippen LogP contribution >= 0.6 is 15.9 Å². The molecule has 0 atom stereocenters. The number of aromatic carboxylic acids is 1. The maximum absolute atomic E-state index is 11.3. The van der Waals surface area contributed by atoms with E-state index in [1.165, 1.54) is 0 Å². The van der Waals surface area contributed by atoms with Crippen molar-refractivity contribution in [3.05, 3.63) is 40.4 Å². The van der Waals surface area contributed by atoms with Crippen molar-refractivity contribution in [2.45, 2.75) is 6.42 Å². The minimum absolute atomic E-state index is 0.199. The predicted molar refractivity (Wildman–Crippen MR) is 80.6 cm³/mol. The minimum atomic E-state index is -0.982. The molecule has 0 aliphatic heterocycles. The smallest absolute Gasteiger partial charge is 0.337 e. The standard InChI is InChI=1S/C15H15BrO4/c1-19-7-4-8-20-14-11-6-3-2-5-10(11)9-12(13(14)16)15(17)18/h2-3,5-6,9H,4,7-8H2,1H3,(H,17,18). The van der Waals surface area contributed by atoms with E-state index < -0.39 is 5.97 Å². The number of carbonyl (C=O) groups is 1. The Morgan fingerprint density at radius 3 is 2.75 bits per heavy atom. The highest BCUT2D eigenvalue weighted by molar-refractivity contribution is 9.10. The molecule has 2 rings (SSSR count). The molecule has 0 bridgehead atoms. The van der Waals surface area contributed by atoms with Crippen molar-refractivity contribution in [1.82, 2.24) is 0 Å². The van der Waals surface area contributed by atoms with E-state index in [1.807, 2.05) is 24.3 Å². The van der Waals surface area contributed by atoms with Crippen LogP contribution in [0.1, 0.15) is 16.8 Å². The zero-order valence-electron chi connectivity index (χ0n) is 11.1. The number of benzene rings is 2. The highest BCUT2D eigenvalue weighted by atomic mass is 79.9. The molecule has 5 heteroatoms. The highest BCUT2D eigenvalue weighted by Crippen LogP contribution is 2.37. The van der Waals surface area contributed by atoms with Crippen LogP contribution in [-0.4, -0.2) is 31.4 Å². The van der Waals surface area contributed by atoms with Gasteiger partial charge in [-0.1, -0.05) is 24.3 Å². The molecule has 20 heavy (non-hydrogen) atoms. The number of rotatable bonds is 6. The predicted octanol–water partition coefficient (Wildman–Crippen LogP) is 3.72. The second-order valence-electron chi connectivity index (χ2n) is 4.29. The Kier molecular flexibility index (Phi) is 4.98. The molecule has 0 fully saturated rings. The second-order valence-corrected chi connectivity index (χ2v) is 5.08. The van der Waals surface area contributed by atoms with Crippen LogP contribution in [0.25, 0.3) is 10.8 Å². The second kappa shape index (κ2) is 6.72. The molecule has 0 aliphatic carbocycles. The normalized spacial score (nSPS) is 10.7. The van der Waals surface area contributed by atoms with E-state index in [-0.39, 0.29) is 5.56 Å². The molecule has 0 aliphatic rings. The molecule has 0 heterocycles. The number of methoxy groups -OCH3 is 1. The summed E-state index contributed by atoms with van der Waals surface area (Å²) in [6.07, 6.45) is 0.745. The fourth-order valence-corrected chi connectivity index (χ4v) is 2.58. The van der Waals surface area contributed by atoms with Crippen LogP contribution in [0.4, 0.5) is 0 Å². The number of hydrogen-bond acceptors (Lipinski definition) is 3. The van der Waals surface area contributed by atoms with Gasteiger partial charge in [-0.05, 0) is 27.4 Å². The van der Waals surface area contributed by atoms with E-state index in [9.17, 15) is 9.90 Å². The summed E-state index contributed by atoms with van der Waals surface area (Å²) in [5, 5.41) is 11.0. The lowest BCUT2D eigenvalue weighted by Crippen LogP contribution is -2.05. The topological polar surface area (TPSA) is 55.8 Å². The van der Waals surface area contributed by atoms with E-state index in [0.717, 1.165) is 17.2 Å². The van der Waals surface area contributed by atoms with E-state index in [4.69, 9.17) is 9.47 Å². The summed E-state index contributed by atoms with van der Waals surface area (Å²) in [7, 11) is 1.64. The average Bonchev–Trinajstić information content (AvgIpc) is 2.44. The van der Waals surface area contributed by atoms with Gasteiger partial charge in [0.2, 0.25) is 0 Å². The molecular formula is C15H15BrO4. The first-order valence-electron chi connectivity index (χ1n) is 6.21. The van der Waals surface area contributed by atoms with Crippen LogP contribution in [0.2, 0.25) is 0 Å². The Bertz CT molecular complexity index is 625. The van der Waals surface area contributed by atoms with Gasteiger partial charge in [-0.3, -0.25) is 0 Å². The van der Waals surface area contributed by atoms with Gasteiger partial charge < -0.3 is 14.6 Å². The molecule has 0 unspecified atom stereocenters. The Morgan fingerprint density at radius 1 is 1.30 bits per heavy atom. The van der Waals surface area contributed by atoms with Crippen molar-refractivity contribution in [2.24, 2.45) is 0 Å². The summed E-state index contributed by atoms with van der Waals surface area (Å²) in [6.45, 7) is 1.08. The first kappa shape index (κ1) is 14.8. The molecule has 2 aromatic rings. The summed E-state index contributed by atoms with van der Waals surface area (Å²) in [4.78, 5) is 11.3. The zero-order chi connectivity index (χ0) is 14.5. The van der Waals surface area contributed by atoms with E-state index in [1.54, 1.807) is 13.2 Å². The SMILES string of the molecule is COCCCOc1c(Br)c(C(=O)O)cc2ccccc12. The lowest BCUT2D eigenvalue weighted by molar-refractivity contribution is 0.0695. The number of carboxylic acids is 1. The molecule has 0 aromatic heterocycles. The van der Waals surface area contributed by atoms with Crippen LogP contribution in [0.3, 0.4) is 0 Å². The number of carboxylic acid groups (broad SMARTS) is 1. The molecule has 0 radical (unpaired) electrons. The maximum Gasteiger partial charge on any atom is 0.337 e. The van der Waals surface area contributed by atoms with Crippen molar-refractivity contribution in [1.29, 1.82) is 0 Å². The quantitative estimate of drug-likeness (QED) is 0.815. The van der Waals surface area contributed by atoms with Crippen molar-refractivity contribution in [3.63, 3.8) is 0 Å². The van der Waals surface area contributed by atoms with Gasteiger partial charge in [-0.2, -0.15) is 0 Å². The number of hydrogen-bond donors (Lipinski definition) is 1. The van der Waals surface area contributed by atoms with Gasteiger partial charge in [0.25, 0.3) is 0 Å². The minimum Gasteiger partial charge on any atom is -0.492 e. The lowest BCUT2D eigenvalue weighted by Gasteiger charge is -2.13. The van der Waals surface area contributed by atoms with E-state index >= 15 is 0 Å². The van der Waals surface area contributed by atoms with Crippen LogP contribution in [-0.2, 0) is 4.74 Å². The van der Waals surface area contributed by atoms with Gasteiger partial charge in [0.15, 0.2) is 0 Å². The number of ether oxygens (including phenoxy) is 2. The third kappa shape index (κ3) is 3.11. The molecule has 1 N–H and O–H groups in total. The summed E-state index contributed by atoms with van der Waals surface area (Å²) in [5.41, 5.74) is 0.199. The Hall–Kier alpha value is -1.59. The molecule has 0 amide bonds. The van der Waals surface area contributed by atoms with Crippen molar-refractivity contribution in [3.8, 4) is 5.75 Å². The van der Waals surface area contributed by atoms with Crippen molar-refractivity contribution in [2.75, 3.05) is 20.3 Å². The van der Waals surface area contributed by atoms with Gasteiger partial charge >= 0.3 is 5.97 Å². The van der Waals surface area contributed by atoms with Crippen LogP contribution in [0.5, 0.6) is 5.75 Å². The third-order valence-corrected chi connectivity index (χ3v) is 3.70. The van der Waals surface area contributed by atoms with Gasteiger partial charge in [0.1, 0.15) is 5.75 Å². The first-order valence-corrected chi connectivity index (χ1v) is 7.00. The van der Waals surface area contributed by atoms with Gasteiger partial charge in [-0.25, -0.2) is 4.79 Å². The first-order chi connectivity index (χ1) is 9.65. The summed E-state index contributed by atoms with van der Waals surface area (Å²) >= 11 is 3.34. The molecule has 106 valence electrons. The van der Waals surface area contributed by atoms with E-state index in [0.29, 0.717) is 23.4 Å². The lowest BCUT2D eigenvalue weighted by atomic mass is 10.1. The van der Waals surface area contributed by atoms with Crippen LogP contribution < -0.4 is 4.74 Å². The Balaban J connectivity index is 2.43. The summed E-state index contributed by atoms with van der Waals surface area (Å²) in [6, 6.07) is 9.20. The fourth-order valence-electron chi connectivity index (χ4n) is 1.96. The van der Waals surface area contributed by atoms with Gasteiger partial charge in [-0.15, -0.1) is 0 Å². The largest absolute Gasteiger partial charge is 0.492 e. The summed E-state index contributed by atoms with van der Waals surface area (Å²) < 4.78 is 11.2. The molecule has 0 saturated heterocycles. The highest BCUT2D eigenvalue weighted by Gasteiger charge is 2.17. The molecule has 0 saturated carbocycles. The summed E-state index contributed by atoms with van der Waals surface area (Å²) in [5.74, 6) is -0.416. The van der Waals surface area contributed by atoms with Crippen LogP contribution in [0.15, 0.2) is 34.8 Å². The fraction of sp³-hybridized carbons (Fsp3) is 0.267. The Morgan fingerprint density at radius 2 is 2.05 bits per heavy atom. The Labute approximate surface area is 125 Å². The zero-order valence-corrected chi connectivity index (χ0v) is 12.6. The molecule has 2 aromatic carbocycles. The molecule has 4 nitrogen and oxygen atoms in total. The number of halogens is 1. The van der Waals surface area contributed by atoms with Gasteiger partial charge in [0, 0.05) is 25.5 Å². The average molecular weight is 339 g/mol. The number of fused-ring (bicyclic) bond motifs is 1. The van der Waals surface area contributed by atoms with Crippen LogP contribution in [0, 0.1) is 0 Å². The van der Waals surface area contributed by atoms with Crippen molar-refractivity contribution < 1.29 is 19.4 Å². The van der Waals surface area contributed by atoms with Gasteiger partial charge in [0.05, 0.1) is 16.6 Å². The molecular weight excluding hydrogens is 324 g/mol. The monoisotopic (exact) mass is 338 g/mol. The van der Waals surface area contributed by atoms with E-state index in [2.05, 4.69) is 15.9 Å². The third-order valence-electron chi connectivity index (χ3n) is 2.91.